The van der Waals surface area contributed by atoms with Crippen molar-refractivity contribution in [2.45, 2.75) is 18.9 Å². The van der Waals surface area contributed by atoms with Crippen LogP contribution in [0.1, 0.15) is 12.8 Å². The highest BCUT2D eigenvalue weighted by Gasteiger charge is 2.37. The zero-order chi connectivity index (χ0) is 20.1. The van der Waals surface area contributed by atoms with Crippen LogP contribution in [0.5, 0.6) is 0 Å². The van der Waals surface area contributed by atoms with E-state index in [1.54, 1.807) is 6.20 Å². The molecule has 0 amide bonds. The van der Waals surface area contributed by atoms with Gasteiger partial charge in [-0.2, -0.15) is 10.2 Å². The van der Waals surface area contributed by atoms with Crippen molar-refractivity contribution in [3.05, 3.63) is 43.0 Å². The highest BCUT2D eigenvalue weighted by atomic mass is 15.4. The molecule has 0 radical (unpaired) electrons. The first-order valence-electron chi connectivity index (χ1n) is 10.4. The van der Waals surface area contributed by atoms with Crippen molar-refractivity contribution < 1.29 is 0 Å². The van der Waals surface area contributed by atoms with Crippen molar-refractivity contribution in [1.82, 2.24) is 40.1 Å². The molecular weight excluding hydrogens is 378 g/mol. The minimum atomic E-state index is 0.599. The van der Waals surface area contributed by atoms with Crippen molar-refractivity contribution in [2.24, 2.45) is 5.92 Å². The van der Waals surface area contributed by atoms with Gasteiger partial charge in [-0.1, -0.05) is 0 Å². The first-order chi connectivity index (χ1) is 14.8. The van der Waals surface area contributed by atoms with Crippen LogP contribution in [0.25, 0.3) is 27.8 Å². The fourth-order valence-electron chi connectivity index (χ4n) is 4.46. The molecule has 3 aromatic heterocycles. The van der Waals surface area contributed by atoms with Crippen LogP contribution < -0.4 is 4.90 Å². The van der Waals surface area contributed by atoms with Gasteiger partial charge in [-0.25, -0.2) is 9.67 Å². The lowest BCUT2D eigenvalue weighted by Crippen LogP contribution is -2.53. The van der Waals surface area contributed by atoms with Crippen LogP contribution in [0.15, 0.2) is 43.0 Å². The van der Waals surface area contributed by atoms with Gasteiger partial charge in [0.05, 0.1) is 23.6 Å². The molecule has 1 N–H and O–H groups in total. The lowest BCUT2D eigenvalue weighted by atomic mass is 10.1. The van der Waals surface area contributed by atoms with E-state index >= 15 is 0 Å². The number of fused-ring (bicyclic) bond motifs is 1. The minimum absolute atomic E-state index is 0.599. The van der Waals surface area contributed by atoms with Crippen LogP contribution in [0.3, 0.4) is 0 Å². The molecule has 152 valence electrons. The maximum atomic E-state index is 4.67. The summed E-state index contributed by atoms with van der Waals surface area (Å²) in [6.07, 6.45) is 10.00. The van der Waals surface area contributed by atoms with Crippen molar-refractivity contribution in [3.8, 4) is 16.9 Å². The molecule has 1 aliphatic heterocycles. The highest BCUT2D eigenvalue weighted by molar-refractivity contribution is 5.97. The van der Waals surface area contributed by atoms with E-state index < -0.39 is 0 Å². The minimum Gasteiger partial charge on any atom is -0.337 e. The predicted molar refractivity (Wildman–Crippen MR) is 113 cm³/mol. The lowest BCUT2D eigenvalue weighted by molar-refractivity contribution is 0.196. The van der Waals surface area contributed by atoms with Crippen LogP contribution >= 0.6 is 0 Å². The van der Waals surface area contributed by atoms with Crippen LogP contribution in [0, 0.1) is 5.92 Å². The summed E-state index contributed by atoms with van der Waals surface area (Å²) in [6.45, 7) is 2.95. The van der Waals surface area contributed by atoms with Crippen molar-refractivity contribution in [3.63, 3.8) is 0 Å². The number of piperazine rings is 1. The molecule has 1 aromatic carbocycles. The number of rotatable bonds is 4. The van der Waals surface area contributed by atoms with E-state index in [-0.39, 0.29) is 0 Å². The summed E-state index contributed by atoms with van der Waals surface area (Å²) < 4.78 is 1.82. The Hall–Kier alpha value is -3.33. The number of benzene rings is 1. The van der Waals surface area contributed by atoms with Crippen LogP contribution in [-0.2, 0) is 0 Å². The van der Waals surface area contributed by atoms with E-state index in [1.807, 2.05) is 41.5 Å². The molecule has 30 heavy (non-hydrogen) atoms. The Labute approximate surface area is 173 Å². The molecule has 4 heterocycles. The van der Waals surface area contributed by atoms with E-state index in [1.165, 1.54) is 12.8 Å². The third-order valence-corrected chi connectivity index (χ3v) is 6.32. The van der Waals surface area contributed by atoms with Crippen LogP contribution in [0.4, 0.5) is 5.95 Å². The van der Waals surface area contributed by atoms with E-state index in [0.717, 1.165) is 53.4 Å². The fraction of sp³-hybridized carbons (Fsp3) is 0.381. The normalized spacial score (nSPS) is 20.2. The highest BCUT2D eigenvalue weighted by Crippen LogP contribution is 2.37. The number of H-pyrrole nitrogens is 1. The largest absolute Gasteiger partial charge is 0.337 e. The second-order valence-corrected chi connectivity index (χ2v) is 8.22. The molecule has 9 nitrogen and oxygen atoms in total. The van der Waals surface area contributed by atoms with Crippen molar-refractivity contribution in [1.29, 1.82) is 0 Å². The average Bonchev–Trinajstić information content (AvgIpc) is 3.25. The SMILES string of the molecule is CN1CCN(c2ncc(-c3ccc(-n4cccn4)c4[nH]ncc34)nn2)C[C@@H]1C1CC1. The molecule has 2 fully saturated rings. The molecule has 4 aromatic rings. The summed E-state index contributed by atoms with van der Waals surface area (Å²) in [7, 11) is 2.23. The Kier molecular flexibility index (Phi) is 4.02. The van der Waals surface area contributed by atoms with Gasteiger partial charge in [0.1, 0.15) is 5.69 Å². The number of hydrogen-bond donors (Lipinski definition) is 1. The quantitative estimate of drug-likeness (QED) is 0.560. The number of aromatic nitrogens is 7. The van der Waals surface area contributed by atoms with Gasteiger partial charge in [-0.05, 0) is 44.0 Å². The second-order valence-electron chi connectivity index (χ2n) is 8.22. The predicted octanol–water partition coefficient (Wildman–Crippen LogP) is 2.13. The Bertz CT molecular complexity index is 1160. The Balaban J connectivity index is 1.30. The molecule has 1 saturated carbocycles. The van der Waals surface area contributed by atoms with Gasteiger partial charge in [0, 0.05) is 49.0 Å². The Morgan fingerprint density at radius 1 is 1.10 bits per heavy atom. The van der Waals surface area contributed by atoms with Crippen LogP contribution in [-0.4, -0.2) is 72.8 Å². The molecule has 6 rings (SSSR count). The topological polar surface area (TPSA) is 91.7 Å². The summed E-state index contributed by atoms with van der Waals surface area (Å²) in [5.41, 5.74) is 3.55. The molecule has 0 spiro atoms. The van der Waals surface area contributed by atoms with Gasteiger partial charge in [0.15, 0.2) is 0 Å². The number of likely N-dealkylation sites (N-methyl/N-ethyl adjacent to an activating group) is 1. The molecule has 0 bridgehead atoms. The van der Waals surface area contributed by atoms with Gasteiger partial charge in [-0.3, -0.25) is 10.00 Å². The molecule has 1 aliphatic carbocycles. The number of nitrogens with one attached hydrogen (secondary N) is 1. The smallest absolute Gasteiger partial charge is 0.245 e. The lowest BCUT2D eigenvalue weighted by Gasteiger charge is -2.39. The molecule has 1 atom stereocenters. The number of anilines is 1. The summed E-state index contributed by atoms with van der Waals surface area (Å²) in [5.74, 6) is 1.54. The number of aromatic amines is 1. The Morgan fingerprint density at radius 3 is 2.80 bits per heavy atom. The molecule has 1 saturated heterocycles. The maximum Gasteiger partial charge on any atom is 0.245 e. The van der Waals surface area contributed by atoms with E-state index in [9.17, 15) is 0 Å². The zero-order valence-electron chi connectivity index (χ0n) is 16.8. The average molecular weight is 401 g/mol. The third-order valence-electron chi connectivity index (χ3n) is 6.32. The first-order valence-corrected chi connectivity index (χ1v) is 10.4. The van der Waals surface area contributed by atoms with Crippen molar-refractivity contribution in [2.75, 3.05) is 31.6 Å². The fourth-order valence-corrected chi connectivity index (χ4v) is 4.46. The zero-order valence-corrected chi connectivity index (χ0v) is 16.8. The van der Waals surface area contributed by atoms with Gasteiger partial charge < -0.3 is 4.90 Å². The standard InChI is InChI=1S/C21H23N9/c1-28-9-10-29(13-19(28)14-3-4-14)21-22-12-17(25-27-21)15-5-6-18(30-8-2-7-24-30)20-16(15)11-23-26-20/h2,5-8,11-12,14,19H,3-4,9-10,13H2,1H3,(H,23,26)/t19-/m1/s1. The summed E-state index contributed by atoms with van der Waals surface area (Å²) in [4.78, 5) is 9.42. The van der Waals surface area contributed by atoms with Gasteiger partial charge in [0.2, 0.25) is 5.95 Å². The summed E-state index contributed by atoms with van der Waals surface area (Å²) >= 11 is 0. The third kappa shape index (κ3) is 2.93. The van der Waals surface area contributed by atoms with E-state index in [4.69, 9.17) is 0 Å². The van der Waals surface area contributed by atoms with Gasteiger partial charge in [0.25, 0.3) is 0 Å². The van der Waals surface area contributed by atoms with Crippen LogP contribution in [0.2, 0.25) is 0 Å². The second kappa shape index (κ2) is 6.88. The molecule has 9 heteroatoms. The van der Waals surface area contributed by atoms with E-state index in [0.29, 0.717) is 12.0 Å². The van der Waals surface area contributed by atoms with Gasteiger partial charge in [-0.15, -0.1) is 10.2 Å². The molecule has 2 aliphatic rings. The van der Waals surface area contributed by atoms with E-state index in [2.05, 4.69) is 47.3 Å². The summed E-state index contributed by atoms with van der Waals surface area (Å²) in [5, 5.41) is 21.6. The van der Waals surface area contributed by atoms with Crippen molar-refractivity contribution >= 4 is 16.9 Å². The first kappa shape index (κ1) is 17.5. The monoisotopic (exact) mass is 401 g/mol. The summed E-state index contributed by atoms with van der Waals surface area (Å²) in [6, 6.07) is 6.54. The van der Waals surface area contributed by atoms with Gasteiger partial charge >= 0.3 is 0 Å². The molecular formula is C21H23N9. The maximum absolute atomic E-state index is 4.67. The number of nitrogens with zero attached hydrogens (tertiary/aromatic N) is 8. The Morgan fingerprint density at radius 2 is 2.03 bits per heavy atom. The molecule has 0 unspecified atom stereocenters. The number of hydrogen-bond acceptors (Lipinski definition) is 7.